The molecule has 0 spiro atoms. The topological polar surface area (TPSA) is 77.1 Å². The van der Waals surface area contributed by atoms with Crippen LogP contribution in [0.15, 0.2) is 66.7 Å². The van der Waals surface area contributed by atoms with Gasteiger partial charge in [0.1, 0.15) is 11.6 Å². The molecule has 180 valence electrons. The fourth-order valence-corrected chi connectivity index (χ4v) is 4.67. The van der Waals surface area contributed by atoms with Crippen LogP contribution in [0, 0.1) is 11.7 Å². The number of amides is 2. The van der Waals surface area contributed by atoms with Crippen molar-refractivity contribution in [2.45, 2.75) is 12.5 Å². The Morgan fingerprint density at radius 3 is 2.60 bits per heavy atom. The van der Waals surface area contributed by atoms with Crippen LogP contribution in [-0.4, -0.2) is 43.7 Å². The van der Waals surface area contributed by atoms with Crippen LogP contribution in [0.25, 0.3) is 0 Å². The number of ether oxygens (including phenoxy) is 3. The number of fused-ring (bicyclic) bond motifs is 1. The highest BCUT2D eigenvalue weighted by molar-refractivity contribution is 5.95. The third-order valence-electron chi connectivity index (χ3n) is 6.48. The average Bonchev–Trinajstić information content (AvgIpc) is 3.54. The van der Waals surface area contributed by atoms with Gasteiger partial charge >= 0.3 is 0 Å². The van der Waals surface area contributed by atoms with Crippen molar-refractivity contribution < 1.29 is 28.2 Å². The van der Waals surface area contributed by atoms with Crippen LogP contribution in [0.4, 0.5) is 4.39 Å². The molecule has 2 aliphatic rings. The van der Waals surface area contributed by atoms with Crippen molar-refractivity contribution in [2.75, 3.05) is 27.0 Å². The molecule has 0 unspecified atom stereocenters. The van der Waals surface area contributed by atoms with Crippen LogP contribution in [0.2, 0.25) is 0 Å². The number of methoxy groups -OCH3 is 1. The van der Waals surface area contributed by atoms with Gasteiger partial charge in [-0.2, -0.15) is 0 Å². The molecule has 0 radical (unpaired) electrons. The summed E-state index contributed by atoms with van der Waals surface area (Å²) in [7, 11) is 1.59. The summed E-state index contributed by atoms with van der Waals surface area (Å²) < 4.78 is 29.7. The van der Waals surface area contributed by atoms with E-state index in [9.17, 15) is 14.0 Å². The van der Waals surface area contributed by atoms with Gasteiger partial charge in [-0.15, -0.1) is 0 Å². The number of carbonyl (C=O) groups is 2. The van der Waals surface area contributed by atoms with Crippen molar-refractivity contribution in [2.24, 2.45) is 5.92 Å². The lowest BCUT2D eigenvalue weighted by molar-refractivity contribution is -0.125. The maximum atomic E-state index is 13.4. The summed E-state index contributed by atoms with van der Waals surface area (Å²) in [6.45, 7) is 1.09. The van der Waals surface area contributed by atoms with Gasteiger partial charge in [0.05, 0.1) is 13.0 Å². The summed E-state index contributed by atoms with van der Waals surface area (Å²) in [4.78, 5) is 28.2. The standard InChI is InChI=1S/C27H25FN2O5/c1-33-23-5-3-2-4-20(23)21-14-30(27(32)18-7-9-19(28)10-8-18)15-22(21)26(31)29-13-17-6-11-24-25(12-17)35-16-34-24/h2-12,21-22H,13-16H2,1H3,(H,29,31)/t21-,22+/m1/s1. The summed E-state index contributed by atoms with van der Waals surface area (Å²) in [5, 5.41) is 3.01. The maximum Gasteiger partial charge on any atom is 0.253 e. The Bertz CT molecular complexity index is 1250. The van der Waals surface area contributed by atoms with Crippen molar-refractivity contribution in [1.29, 1.82) is 0 Å². The predicted octanol–water partition coefficient (Wildman–Crippen LogP) is 3.74. The van der Waals surface area contributed by atoms with E-state index in [0.717, 1.165) is 11.1 Å². The van der Waals surface area contributed by atoms with E-state index in [4.69, 9.17) is 14.2 Å². The number of hydrogen-bond acceptors (Lipinski definition) is 5. The molecule has 5 rings (SSSR count). The van der Waals surface area contributed by atoms with Gasteiger partial charge in [0.2, 0.25) is 12.7 Å². The smallest absolute Gasteiger partial charge is 0.253 e. The van der Waals surface area contributed by atoms with E-state index in [1.165, 1.54) is 24.3 Å². The Hall–Kier alpha value is -4.07. The van der Waals surface area contributed by atoms with Crippen molar-refractivity contribution in [3.05, 3.63) is 89.2 Å². The minimum atomic E-state index is -0.482. The van der Waals surface area contributed by atoms with Crippen molar-refractivity contribution in [1.82, 2.24) is 10.2 Å². The first-order chi connectivity index (χ1) is 17.0. The summed E-state index contributed by atoms with van der Waals surface area (Å²) >= 11 is 0. The minimum Gasteiger partial charge on any atom is -0.496 e. The Morgan fingerprint density at radius 1 is 1.03 bits per heavy atom. The molecule has 2 atom stereocenters. The van der Waals surface area contributed by atoms with Crippen LogP contribution >= 0.6 is 0 Å². The van der Waals surface area contributed by atoms with Gasteiger partial charge in [0.25, 0.3) is 5.91 Å². The zero-order valence-electron chi connectivity index (χ0n) is 19.2. The fourth-order valence-electron chi connectivity index (χ4n) is 4.67. The Kier molecular flexibility index (Phi) is 6.27. The van der Waals surface area contributed by atoms with Crippen molar-refractivity contribution >= 4 is 11.8 Å². The quantitative estimate of drug-likeness (QED) is 0.587. The molecular formula is C27H25FN2O5. The first-order valence-corrected chi connectivity index (χ1v) is 11.4. The zero-order chi connectivity index (χ0) is 24.4. The Morgan fingerprint density at radius 2 is 1.80 bits per heavy atom. The molecule has 1 saturated heterocycles. The molecule has 0 bridgehead atoms. The summed E-state index contributed by atoms with van der Waals surface area (Å²) in [5.74, 6) is 0.460. The van der Waals surface area contributed by atoms with Gasteiger partial charge in [0, 0.05) is 31.1 Å². The monoisotopic (exact) mass is 476 g/mol. The van der Waals surface area contributed by atoms with Crippen LogP contribution in [0.3, 0.4) is 0 Å². The minimum absolute atomic E-state index is 0.159. The van der Waals surface area contributed by atoms with Gasteiger partial charge < -0.3 is 24.4 Å². The van der Waals surface area contributed by atoms with Crippen molar-refractivity contribution in [3.63, 3.8) is 0 Å². The number of para-hydroxylation sites is 1. The highest BCUT2D eigenvalue weighted by atomic mass is 19.1. The van der Waals surface area contributed by atoms with E-state index in [1.807, 2.05) is 42.5 Å². The van der Waals surface area contributed by atoms with Gasteiger partial charge in [0.15, 0.2) is 11.5 Å². The zero-order valence-corrected chi connectivity index (χ0v) is 19.2. The summed E-state index contributed by atoms with van der Waals surface area (Å²) in [5.41, 5.74) is 2.13. The molecule has 35 heavy (non-hydrogen) atoms. The first-order valence-electron chi connectivity index (χ1n) is 11.4. The van der Waals surface area contributed by atoms with E-state index in [-0.39, 0.29) is 31.1 Å². The normalized spacial score (nSPS) is 18.4. The van der Waals surface area contributed by atoms with E-state index in [1.54, 1.807) is 12.0 Å². The second kappa shape index (κ2) is 9.66. The lowest BCUT2D eigenvalue weighted by atomic mass is 9.87. The maximum absolute atomic E-state index is 13.4. The van der Waals surface area contributed by atoms with Crippen LogP contribution < -0.4 is 19.5 Å². The molecule has 2 heterocycles. The number of carbonyl (C=O) groups excluding carboxylic acids is 2. The molecule has 3 aromatic carbocycles. The number of nitrogens with one attached hydrogen (secondary N) is 1. The number of nitrogens with zero attached hydrogens (tertiary/aromatic N) is 1. The van der Waals surface area contributed by atoms with E-state index < -0.39 is 11.7 Å². The highest BCUT2D eigenvalue weighted by Crippen LogP contribution is 2.38. The second-order valence-electron chi connectivity index (χ2n) is 8.58. The van der Waals surface area contributed by atoms with E-state index >= 15 is 0 Å². The van der Waals surface area contributed by atoms with Gasteiger partial charge in [-0.3, -0.25) is 9.59 Å². The molecule has 2 aliphatic heterocycles. The SMILES string of the molecule is COc1ccccc1[C@H]1CN(C(=O)c2ccc(F)cc2)C[C@@H]1C(=O)NCc1ccc2c(c1)OCO2. The number of hydrogen-bond donors (Lipinski definition) is 1. The molecule has 0 saturated carbocycles. The van der Waals surface area contributed by atoms with Gasteiger partial charge in [-0.05, 0) is 53.6 Å². The number of benzene rings is 3. The molecule has 2 amide bonds. The number of halogens is 1. The number of rotatable bonds is 6. The predicted molar refractivity (Wildman–Crippen MR) is 126 cm³/mol. The van der Waals surface area contributed by atoms with Crippen LogP contribution in [0.5, 0.6) is 17.2 Å². The lowest BCUT2D eigenvalue weighted by Gasteiger charge is -2.20. The van der Waals surface area contributed by atoms with Crippen LogP contribution in [0.1, 0.15) is 27.4 Å². The molecule has 7 nitrogen and oxygen atoms in total. The molecular weight excluding hydrogens is 451 g/mol. The number of likely N-dealkylation sites (tertiary alicyclic amines) is 1. The Labute approximate surface area is 202 Å². The molecule has 8 heteroatoms. The largest absolute Gasteiger partial charge is 0.496 e. The van der Waals surface area contributed by atoms with Gasteiger partial charge in [-0.25, -0.2) is 4.39 Å². The highest BCUT2D eigenvalue weighted by Gasteiger charge is 2.41. The van der Waals surface area contributed by atoms with E-state index in [0.29, 0.717) is 35.9 Å². The first kappa shape index (κ1) is 22.7. The summed E-state index contributed by atoms with van der Waals surface area (Å²) in [6, 6.07) is 18.5. The van der Waals surface area contributed by atoms with E-state index in [2.05, 4.69) is 5.32 Å². The van der Waals surface area contributed by atoms with Crippen molar-refractivity contribution in [3.8, 4) is 17.2 Å². The fraction of sp³-hybridized carbons (Fsp3) is 0.259. The Balaban J connectivity index is 1.36. The third kappa shape index (κ3) is 4.64. The molecule has 0 aliphatic carbocycles. The van der Waals surface area contributed by atoms with Gasteiger partial charge in [-0.1, -0.05) is 24.3 Å². The lowest BCUT2D eigenvalue weighted by Crippen LogP contribution is -2.35. The molecule has 0 aromatic heterocycles. The van der Waals surface area contributed by atoms with Crippen LogP contribution in [-0.2, 0) is 11.3 Å². The molecule has 1 fully saturated rings. The third-order valence-corrected chi connectivity index (χ3v) is 6.48. The second-order valence-corrected chi connectivity index (χ2v) is 8.58. The summed E-state index contributed by atoms with van der Waals surface area (Å²) in [6.07, 6.45) is 0. The molecule has 3 aromatic rings. The average molecular weight is 477 g/mol. The molecule has 1 N–H and O–H groups in total.